The topological polar surface area (TPSA) is 76.3 Å². The Morgan fingerprint density at radius 1 is 1.22 bits per heavy atom. The predicted octanol–water partition coefficient (Wildman–Crippen LogP) is 2.91. The molecule has 0 bridgehead atoms. The molecular formula is C15H18ClN3O3S. The molecule has 0 N–H and O–H groups in total. The molecule has 2 heterocycles. The van der Waals surface area contributed by atoms with Crippen LogP contribution in [0.1, 0.15) is 36.1 Å². The Kier molecular flexibility index (Phi) is 4.44. The summed E-state index contributed by atoms with van der Waals surface area (Å²) >= 11 is 6.05. The first-order chi connectivity index (χ1) is 10.9. The minimum Gasteiger partial charge on any atom is -0.425 e. The first kappa shape index (κ1) is 16.4. The van der Waals surface area contributed by atoms with Crippen LogP contribution in [0.25, 0.3) is 0 Å². The van der Waals surface area contributed by atoms with Gasteiger partial charge in [0.1, 0.15) is 0 Å². The molecule has 2 aromatic rings. The molecule has 0 atom stereocenters. The van der Waals surface area contributed by atoms with Crippen LogP contribution in [0.4, 0.5) is 0 Å². The van der Waals surface area contributed by atoms with Crippen LogP contribution < -0.4 is 0 Å². The van der Waals surface area contributed by atoms with Crippen LogP contribution in [0, 0.1) is 13.8 Å². The molecule has 6 nitrogen and oxygen atoms in total. The maximum Gasteiger partial charge on any atom is 0.243 e. The van der Waals surface area contributed by atoms with E-state index >= 15 is 0 Å². The highest BCUT2D eigenvalue weighted by atomic mass is 35.5. The first-order valence-electron chi connectivity index (χ1n) is 7.44. The Labute approximate surface area is 140 Å². The Bertz CT molecular complexity index is 811. The minimum atomic E-state index is -3.52. The average molecular weight is 356 g/mol. The number of nitrogens with zero attached hydrogens (tertiary/aromatic N) is 3. The molecule has 1 fully saturated rings. The summed E-state index contributed by atoms with van der Waals surface area (Å²) in [5.41, 5.74) is 0.857. The van der Waals surface area contributed by atoms with E-state index in [2.05, 4.69) is 10.2 Å². The Morgan fingerprint density at radius 2 is 1.91 bits per heavy atom. The van der Waals surface area contributed by atoms with Gasteiger partial charge < -0.3 is 4.42 Å². The van der Waals surface area contributed by atoms with E-state index in [1.54, 1.807) is 19.1 Å². The Morgan fingerprint density at radius 3 is 2.48 bits per heavy atom. The first-order valence-corrected chi connectivity index (χ1v) is 9.26. The molecule has 0 unspecified atom stereocenters. The molecule has 0 spiro atoms. The van der Waals surface area contributed by atoms with Crippen LogP contribution in [0.3, 0.4) is 0 Å². The fraction of sp³-hybridized carbons (Fsp3) is 0.467. The van der Waals surface area contributed by atoms with Gasteiger partial charge in [-0.2, -0.15) is 4.31 Å². The van der Waals surface area contributed by atoms with Crippen LogP contribution >= 0.6 is 11.6 Å². The molecule has 8 heteroatoms. The fourth-order valence-corrected chi connectivity index (χ4v) is 4.44. The number of benzene rings is 1. The second-order valence-corrected chi connectivity index (χ2v) is 8.09. The third kappa shape index (κ3) is 3.27. The fourth-order valence-electron chi connectivity index (χ4n) is 2.70. The number of piperidine rings is 1. The number of hydrogen-bond acceptors (Lipinski definition) is 5. The van der Waals surface area contributed by atoms with Gasteiger partial charge in [0.25, 0.3) is 0 Å². The average Bonchev–Trinajstić information content (AvgIpc) is 2.96. The molecule has 0 radical (unpaired) electrons. The molecule has 23 heavy (non-hydrogen) atoms. The standard InChI is InChI=1S/C15H18ClN3O3S/c1-10-3-4-13(9-14(10)16)23(20,21)19-7-5-12(6-8-19)15-18-17-11(2)22-15/h3-4,9,12H,5-8H2,1-2H3. The Hall–Kier alpha value is -1.44. The lowest BCUT2D eigenvalue weighted by atomic mass is 9.98. The van der Waals surface area contributed by atoms with Crippen molar-refractivity contribution in [2.24, 2.45) is 0 Å². The van der Waals surface area contributed by atoms with Gasteiger partial charge in [0.05, 0.1) is 4.90 Å². The van der Waals surface area contributed by atoms with Gasteiger partial charge >= 0.3 is 0 Å². The summed E-state index contributed by atoms with van der Waals surface area (Å²) < 4.78 is 32.4. The van der Waals surface area contributed by atoms with Crippen LogP contribution in [0.15, 0.2) is 27.5 Å². The number of hydrogen-bond donors (Lipinski definition) is 0. The summed E-state index contributed by atoms with van der Waals surface area (Å²) in [5, 5.41) is 8.33. The lowest BCUT2D eigenvalue weighted by Gasteiger charge is -2.29. The van der Waals surface area contributed by atoms with Crippen molar-refractivity contribution in [1.82, 2.24) is 14.5 Å². The molecule has 1 aliphatic heterocycles. The Balaban J connectivity index is 1.74. The largest absolute Gasteiger partial charge is 0.425 e. The second-order valence-electron chi connectivity index (χ2n) is 5.75. The predicted molar refractivity (Wildman–Crippen MR) is 86.0 cm³/mol. The maximum absolute atomic E-state index is 12.7. The summed E-state index contributed by atoms with van der Waals surface area (Å²) in [5.74, 6) is 1.24. The molecule has 0 aliphatic carbocycles. The highest BCUT2D eigenvalue weighted by Crippen LogP contribution is 2.30. The number of sulfonamides is 1. The normalized spacial score (nSPS) is 17.5. The number of aryl methyl sites for hydroxylation is 2. The zero-order valence-corrected chi connectivity index (χ0v) is 14.6. The summed E-state index contributed by atoms with van der Waals surface area (Å²) in [6.07, 6.45) is 1.33. The van der Waals surface area contributed by atoms with Gasteiger partial charge in [-0.25, -0.2) is 8.42 Å². The van der Waals surface area contributed by atoms with Crippen molar-refractivity contribution in [2.75, 3.05) is 13.1 Å². The molecule has 1 aliphatic rings. The summed E-state index contributed by atoms with van der Waals surface area (Å²) in [7, 11) is -3.52. The van der Waals surface area contributed by atoms with Crippen molar-refractivity contribution in [3.63, 3.8) is 0 Å². The zero-order chi connectivity index (χ0) is 16.6. The quantitative estimate of drug-likeness (QED) is 0.846. The summed E-state index contributed by atoms with van der Waals surface area (Å²) in [6.45, 7) is 4.45. The van der Waals surface area contributed by atoms with Crippen molar-refractivity contribution in [1.29, 1.82) is 0 Å². The van der Waals surface area contributed by atoms with Gasteiger partial charge in [0, 0.05) is 31.0 Å². The molecule has 3 rings (SSSR count). The van der Waals surface area contributed by atoms with Crippen LogP contribution in [-0.2, 0) is 10.0 Å². The van der Waals surface area contributed by atoms with Crippen LogP contribution in [0.5, 0.6) is 0 Å². The molecule has 0 saturated carbocycles. The van der Waals surface area contributed by atoms with Crippen molar-refractivity contribution in [3.8, 4) is 0 Å². The number of aromatic nitrogens is 2. The number of halogens is 1. The van der Waals surface area contributed by atoms with Crippen molar-refractivity contribution in [2.45, 2.75) is 37.5 Å². The van der Waals surface area contributed by atoms with Gasteiger partial charge in [-0.1, -0.05) is 17.7 Å². The highest BCUT2D eigenvalue weighted by molar-refractivity contribution is 7.89. The lowest BCUT2D eigenvalue weighted by Crippen LogP contribution is -2.38. The molecular weight excluding hydrogens is 338 g/mol. The van der Waals surface area contributed by atoms with E-state index in [0.717, 1.165) is 5.56 Å². The van der Waals surface area contributed by atoms with Gasteiger partial charge in [0.15, 0.2) is 0 Å². The van der Waals surface area contributed by atoms with Crippen LogP contribution in [0.2, 0.25) is 5.02 Å². The zero-order valence-electron chi connectivity index (χ0n) is 13.0. The van der Waals surface area contributed by atoms with E-state index in [1.165, 1.54) is 10.4 Å². The smallest absolute Gasteiger partial charge is 0.243 e. The second kappa shape index (κ2) is 6.22. The van der Waals surface area contributed by atoms with E-state index in [4.69, 9.17) is 16.0 Å². The van der Waals surface area contributed by atoms with Crippen LogP contribution in [-0.4, -0.2) is 36.0 Å². The van der Waals surface area contributed by atoms with Crippen molar-refractivity contribution in [3.05, 3.63) is 40.6 Å². The lowest BCUT2D eigenvalue weighted by molar-refractivity contribution is 0.288. The highest BCUT2D eigenvalue weighted by Gasteiger charge is 2.32. The third-order valence-electron chi connectivity index (χ3n) is 4.13. The van der Waals surface area contributed by atoms with E-state index < -0.39 is 10.0 Å². The molecule has 0 amide bonds. The van der Waals surface area contributed by atoms with E-state index in [-0.39, 0.29) is 10.8 Å². The van der Waals surface area contributed by atoms with Gasteiger partial charge in [-0.15, -0.1) is 10.2 Å². The number of rotatable bonds is 3. The van der Waals surface area contributed by atoms with Gasteiger partial charge in [-0.05, 0) is 37.5 Å². The molecule has 1 aromatic carbocycles. The summed E-state index contributed by atoms with van der Waals surface area (Å²) in [6, 6.07) is 4.84. The monoisotopic (exact) mass is 355 g/mol. The molecule has 1 saturated heterocycles. The van der Waals surface area contributed by atoms with Gasteiger partial charge in [0.2, 0.25) is 21.8 Å². The minimum absolute atomic E-state index is 0.115. The van der Waals surface area contributed by atoms with E-state index in [1.807, 2.05) is 6.92 Å². The van der Waals surface area contributed by atoms with Crippen molar-refractivity contribution >= 4 is 21.6 Å². The summed E-state index contributed by atoms with van der Waals surface area (Å²) in [4.78, 5) is 0.236. The van der Waals surface area contributed by atoms with Gasteiger partial charge in [-0.3, -0.25) is 0 Å². The van der Waals surface area contributed by atoms with E-state index in [9.17, 15) is 8.42 Å². The SMILES string of the molecule is Cc1nnc(C2CCN(S(=O)(=O)c3ccc(C)c(Cl)c3)CC2)o1. The third-order valence-corrected chi connectivity index (χ3v) is 6.43. The van der Waals surface area contributed by atoms with Crippen molar-refractivity contribution < 1.29 is 12.8 Å². The van der Waals surface area contributed by atoms with E-state index in [0.29, 0.717) is 42.7 Å². The maximum atomic E-state index is 12.7. The molecule has 124 valence electrons. The molecule has 1 aromatic heterocycles.